The minimum atomic E-state index is 0.934. The first-order chi connectivity index (χ1) is 6.40. The van der Waals surface area contributed by atoms with Crippen molar-refractivity contribution in [3.05, 3.63) is 23.3 Å². The minimum absolute atomic E-state index is 0.934. The molecule has 1 aromatic rings. The second-order valence-corrected chi connectivity index (χ2v) is 3.47. The van der Waals surface area contributed by atoms with Crippen LogP contribution in [0.15, 0.2) is 6.20 Å². The second-order valence-electron chi connectivity index (χ2n) is 3.47. The zero-order valence-electron chi connectivity index (χ0n) is 8.01. The third-order valence-electron chi connectivity index (χ3n) is 2.46. The minimum Gasteiger partial charge on any atom is -0.319 e. The van der Waals surface area contributed by atoms with Gasteiger partial charge in [0.05, 0.1) is 0 Å². The molecule has 0 radical (unpaired) electrons. The lowest BCUT2D eigenvalue weighted by atomic mass is 10.2. The molecule has 1 heterocycles. The normalized spacial score (nSPS) is 14.5. The largest absolute Gasteiger partial charge is 0.319 e. The molecule has 0 spiro atoms. The molecule has 1 aromatic heterocycles. The van der Waals surface area contributed by atoms with E-state index in [9.17, 15) is 0 Å². The molecule has 0 bridgehead atoms. The molecule has 0 aromatic carbocycles. The highest BCUT2D eigenvalue weighted by Crippen LogP contribution is 2.18. The lowest BCUT2D eigenvalue weighted by Gasteiger charge is -2.02. The number of aromatic nitrogens is 2. The van der Waals surface area contributed by atoms with E-state index in [0.29, 0.717) is 0 Å². The van der Waals surface area contributed by atoms with Gasteiger partial charge in [0.2, 0.25) is 0 Å². The molecule has 1 aliphatic rings. The topological polar surface area (TPSA) is 37.8 Å². The number of nitrogens with one attached hydrogen (secondary N) is 1. The first-order valence-corrected chi connectivity index (χ1v) is 4.88. The molecule has 0 unspecified atom stereocenters. The van der Waals surface area contributed by atoms with E-state index in [2.05, 4.69) is 15.3 Å². The van der Waals surface area contributed by atoms with Gasteiger partial charge in [-0.05, 0) is 31.9 Å². The highest BCUT2D eigenvalue weighted by atomic mass is 14.9. The van der Waals surface area contributed by atoms with Crippen molar-refractivity contribution in [2.45, 2.75) is 25.7 Å². The molecule has 1 aliphatic carbocycles. The van der Waals surface area contributed by atoms with E-state index in [1.54, 1.807) is 0 Å². The van der Waals surface area contributed by atoms with Crippen molar-refractivity contribution in [1.82, 2.24) is 15.3 Å². The molecule has 0 saturated carbocycles. The van der Waals surface area contributed by atoms with Gasteiger partial charge in [0.15, 0.2) is 0 Å². The van der Waals surface area contributed by atoms with Crippen molar-refractivity contribution in [2.75, 3.05) is 13.6 Å². The van der Waals surface area contributed by atoms with E-state index in [1.165, 1.54) is 24.1 Å². The third-order valence-corrected chi connectivity index (χ3v) is 2.46. The van der Waals surface area contributed by atoms with Crippen LogP contribution in [0.1, 0.15) is 23.5 Å². The average molecular weight is 177 g/mol. The Balaban J connectivity index is 2.12. The molecule has 3 nitrogen and oxygen atoms in total. The first kappa shape index (κ1) is 8.63. The third kappa shape index (κ3) is 1.86. The molecule has 13 heavy (non-hydrogen) atoms. The lowest BCUT2D eigenvalue weighted by molar-refractivity contribution is 0.748. The van der Waals surface area contributed by atoms with Gasteiger partial charge in [0, 0.05) is 24.9 Å². The van der Waals surface area contributed by atoms with E-state index in [1.807, 2.05) is 13.2 Å². The van der Waals surface area contributed by atoms with E-state index in [-0.39, 0.29) is 0 Å². The summed E-state index contributed by atoms with van der Waals surface area (Å²) in [6, 6.07) is 0. The van der Waals surface area contributed by atoms with Crippen molar-refractivity contribution in [2.24, 2.45) is 0 Å². The molecule has 0 amide bonds. The van der Waals surface area contributed by atoms with Crippen molar-refractivity contribution in [3.8, 4) is 0 Å². The van der Waals surface area contributed by atoms with Gasteiger partial charge in [-0.1, -0.05) is 0 Å². The van der Waals surface area contributed by atoms with Gasteiger partial charge in [-0.25, -0.2) is 9.97 Å². The predicted octanol–water partition coefficient (Wildman–Crippen LogP) is 0.727. The molecule has 2 rings (SSSR count). The summed E-state index contributed by atoms with van der Waals surface area (Å²) >= 11 is 0. The Bertz CT molecular complexity index is 296. The van der Waals surface area contributed by atoms with Crippen molar-refractivity contribution < 1.29 is 0 Å². The molecule has 0 atom stereocenters. The summed E-state index contributed by atoms with van der Waals surface area (Å²) in [5, 5.41) is 3.10. The lowest BCUT2D eigenvalue weighted by Crippen LogP contribution is -2.12. The van der Waals surface area contributed by atoms with Gasteiger partial charge in [-0.3, -0.25) is 0 Å². The molecule has 3 heteroatoms. The van der Waals surface area contributed by atoms with Crippen molar-refractivity contribution in [3.63, 3.8) is 0 Å². The van der Waals surface area contributed by atoms with Gasteiger partial charge in [-0.15, -0.1) is 0 Å². The van der Waals surface area contributed by atoms with Crippen molar-refractivity contribution in [1.29, 1.82) is 0 Å². The quantitative estimate of drug-likeness (QED) is 0.739. The SMILES string of the molecule is CNCCc1ncc2c(n1)CCC2. The summed E-state index contributed by atoms with van der Waals surface area (Å²) in [5.41, 5.74) is 2.63. The van der Waals surface area contributed by atoms with Crippen LogP contribution in [-0.4, -0.2) is 23.6 Å². The molecule has 70 valence electrons. The van der Waals surface area contributed by atoms with Crippen molar-refractivity contribution >= 4 is 0 Å². The summed E-state index contributed by atoms with van der Waals surface area (Å²) in [7, 11) is 1.95. The van der Waals surface area contributed by atoms with Crippen LogP contribution in [-0.2, 0) is 19.3 Å². The highest BCUT2D eigenvalue weighted by Gasteiger charge is 2.12. The Morgan fingerprint density at radius 3 is 3.23 bits per heavy atom. The van der Waals surface area contributed by atoms with Gasteiger partial charge in [0.25, 0.3) is 0 Å². The van der Waals surface area contributed by atoms with Crippen LogP contribution in [0.2, 0.25) is 0 Å². The Morgan fingerprint density at radius 1 is 1.46 bits per heavy atom. The average Bonchev–Trinajstić information content (AvgIpc) is 2.61. The maximum Gasteiger partial charge on any atom is 0.129 e. The van der Waals surface area contributed by atoms with Gasteiger partial charge in [0.1, 0.15) is 5.82 Å². The number of aryl methyl sites for hydroxylation is 2. The Morgan fingerprint density at radius 2 is 2.38 bits per heavy atom. The summed E-state index contributed by atoms with van der Waals surface area (Å²) in [6.07, 6.45) is 6.50. The highest BCUT2D eigenvalue weighted by molar-refractivity contribution is 5.22. The molecule has 1 N–H and O–H groups in total. The fourth-order valence-corrected chi connectivity index (χ4v) is 1.71. The van der Waals surface area contributed by atoms with Crippen LogP contribution in [0.4, 0.5) is 0 Å². The van der Waals surface area contributed by atoms with E-state index in [4.69, 9.17) is 0 Å². The van der Waals surface area contributed by atoms with Crippen LogP contribution in [0.25, 0.3) is 0 Å². The van der Waals surface area contributed by atoms with E-state index < -0.39 is 0 Å². The van der Waals surface area contributed by atoms with E-state index in [0.717, 1.165) is 25.2 Å². The number of hydrogen-bond acceptors (Lipinski definition) is 3. The first-order valence-electron chi connectivity index (χ1n) is 4.88. The van der Waals surface area contributed by atoms with Crippen LogP contribution < -0.4 is 5.32 Å². The molecule has 0 fully saturated rings. The molecule has 0 aliphatic heterocycles. The smallest absolute Gasteiger partial charge is 0.129 e. The van der Waals surface area contributed by atoms with Crippen LogP contribution in [0, 0.1) is 0 Å². The van der Waals surface area contributed by atoms with E-state index >= 15 is 0 Å². The second kappa shape index (κ2) is 3.83. The maximum absolute atomic E-state index is 4.54. The standard InChI is InChI=1S/C10H15N3/c1-11-6-5-10-12-7-8-3-2-4-9(8)13-10/h7,11H,2-6H2,1H3. The monoisotopic (exact) mass is 177 g/mol. The summed E-state index contributed by atoms with van der Waals surface area (Å²) in [5.74, 6) is 0.981. The summed E-state index contributed by atoms with van der Waals surface area (Å²) in [4.78, 5) is 8.88. The molecule has 0 saturated heterocycles. The maximum atomic E-state index is 4.54. The Labute approximate surface area is 78.6 Å². The predicted molar refractivity (Wildman–Crippen MR) is 51.7 cm³/mol. The fourth-order valence-electron chi connectivity index (χ4n) is 1.71. The zero-order chi connectivity index (χ0) is 9.10. The number of nitrogens with zero attached hydrogens (tertiary/aromatic N) is 2. The molecular formula is C10H15N3. The zero-order valence-corrected chi connectivity index (χ0v) is 8.01. The van der Waals surface area contributed by atoms with Gasteiger partial charge >= 0.3 is 0 Å². The van der Waals surface area contributed by atoms with Crippen LogP contribution in [0.3, 0.4) is 0 Å². The van der Waals surface area contributed by atoms with Gasteiger partial charge < -0.3 is 5.32 Å². The summed E-state index contributed by atoms with van der Waals surface area (Å²) < 4.78 is 0. The molecular weight excluding hydrogens is 162 g/mol. The summed E-state index contributed by atoms with van der Waals surface area (Å²) in [6.45, 7) is 0.957. The van der Waals surface area contributed by atoms with Crippen LogP contribution >= 0.6 is 0 Å². The Kier molecular flexibility index (Phi) is 2.54. The number of likely N-dealkylation sites (N-methyl/N-ethyl adjacent to an activating group) is 1. The number of rotatable bonds is 3. The fraction of sp³-hybridized carbons (Fsp3) is 0.600. The number of hydrogen-bond donors (Lipinski definition) is 1. The van der Waals surface area contributed by atoms with Crippen LogP contribution in [0.5, 0.6) is 0 Å². The van der Waals surface area contributed by atoms with Gasteiger partial charge in [-0.2, -0.15) is 0 Å². The number of fused-ring (bicyclic) bond motifs is 1. The Hall–Kier alpha value is -0.960.